The van der Waals surface area contributed by atoms with Gasteiger partial charge in [0.15, 0.2) is 0 Å². The summed E-state index contributed by atoms with van der Waals surface area (Å²) in [7, 11) is 3.30. The number of piperidine rings is 1. The minimum Gasteiger partial charge on any atom is -0.396 e. The molecule has 45 heavy (non-hydrogen) atoms. The number of hydrogen-bond acceptors (Lipinski definition) is 11. The zero-order chi connectivity index (χ0) is 32.3. The molecule has 0 spiro atoms. The fourth-order valence-corrected chi connectivity index (χ4v) is 8.71. The molecule has 0 amide bonds. The molecule has 9 unspecified atom stereocenters. The van der Waals surface area contributed by atoms with Gasteiger partial charge in [0.25, 0.3) is 0 Å². The van der Waals surface area contributed by atoms with E-state index >= 15 is 0 Å². The number of methoxy groups -OCH3 is 2. The van der Waals surface area contributed by atoms with Crippen LogP contribution in [0.5, 0.6) is 0 Å². The number of ether oxygens (including phenoxy) is 4. The average molecular weight is 644 g/mol. The molecule has 11 heteroatoms. The smallest absolute Gasteiger partial charge is 0.106 e. The predicted octanol–water partition coefficient (Wildman–Crippen LogP) is 1.67. The van der Waals surface area contributed by atoms with Crippen molar-refractivity contribution in [3.8, 4) is 0 Å². The maximum atomic E-state index is 11.3. The number of aliphatic hydroxyl groups excluding tert-OH is 4. The van der Waals surface area contributed by atoms with Gasteiger partial charge in [-0.1, -0.05) is 6.92 Å². The normalized spacial score (nSPS) is 42.0. The van der Waals surface area contributed by atoms with Crippen molar-refractivity contribution in [1.82, 2.24) is 10.6 Å². The van der Waals surface area contributed by atoms with Crippen LogP contribution >= 0.6 is 0 Å². The molecule has 0 aromatic heterocycles. The van der Waals surface area contributed by atoms with E-state index in [1.165, 1.54) is 0 Å². The lowest BCUT2D eigenvalue weighted by atomic mass is 9.72. The van der Waals surface area contributed by atoms with Crippen LogP contribution in [-0.2, 0) is 18.9 Å². The number of aliphatic hydroxyl groups is 4. The second kappa shape index (κ2) is 18.9. The maximum absolute atomic E-state index is 11.3. The minimum atomic E-state index is -0.744. The highest BCUT2D eigenvalue weighted by molar-refractivity contribution is 4.97. The Bertz CT molecular complexity index is 828. The van der Waals surface area contributed by atoms with Crippen LogP contribution in [0.1, 0.15) is 90.4 Å². The molecule has 11 nitrogen and oxygen atoms in total. The molecule has 0 aromatic rings. The van der Waals surface area contributed by atoms with E-state index in [1.54, 1.807) is 14.2 Å². The Morgan fingerprint density at radius 3 is 2.33 bits per heavy atom. The summed E-state index contributed by atoms with van der Waals surface area (Å²) in [4.78, 5) is 0. The molecular weight excluding hydrogens is 578 g/mol. The van der Waals surface area contributed by atoms with Gasteiger partial charge < -0.3 is 55.7 Å². The van der Waals surface area contributed by atoms with E-state index in [4.69, 9.17) is 24.7 Å². The summed E-state index contributed by atoms with van der Waals surface area (Å²) in [6.07, 6.45) is 8.01. The van der Waals surface area contributed by atoms with E-state index in [1.807, 2.05) is 0 Å². The Hall–Kier alpha value is -0.440. The molecule has 2 heterocycles. The van der Waals surface area contributed by atoms with Gasteiger partial charge in [0.05, 0.1) is 55.5 Å². The molecule has 0 radical (unpaired) electrons. The maximum Gasteiger partial charge on any atom is 0.106 e. The quantitative estimate of drug-likeness (QED) is 0.131. The van der Waals surface area contributed by atoms with E-state index in [0.29, 0.717) is 44.1 Å². The molecule has 8 N–H and O–H groups in total. The topological polar surface area (TPSA) is 168 Å². The third-order valence-corrected chi connectivity index (χ3v) is 11.4. The van der Waals surface area contributed by atoms with Gasteiger partial charge in [-0.25, -0.2) is 0 Å². The van der Waals surface area contributed by atoms with Gasteiger partial charge in [0.2, 0.25) is 0 Å². The van der Waals surface area contributed by atoms with E-state index in [2.05, 4.69) is 17.6 Å². The summed E-state index contributed by atoms with van der Waals surface area (Å²) in [6, 6.07) is 0.188. The van der Waals surface area contributed by atoms with Crippen molar-refractivity contribution in [2.24, 2.45) is 29.4 Å². The molecular formula is C34H65N3O8. The van der Waals surface area contributed by atoms with Crippen LogP contribution in [0, 0.1) is 23.7 Å². The standard InChI is InChI=1S/C34H65N3O8/c1-4-36-24(8-5-22-11-13-37-32(35)16-22)20-44-31-18-23(17-30(43-3)33(31)41)34-26(12-14-38)28(40)19-25(45-34)9-6-21-7-10-27(39)29(15-21)42-2/h21-34,36-41H,4-20,35H2,1-3H3/t21?,22?,23?,24-,25+,26-,27?,28+,29?,30?,31?,32?,33?,34+/m1/s1. The van der Waals surface area contributed by atoms with Crippen molar-refractivity contribution in [1.29, 1.82) is 0 Å². The monoisotopic (exact) mass is 643 g/mol. The predicted molar refractivity (Wildman–Crippen MR) is 173 cm³/mol. The summed E-state index contributed by atoms with van der Waals surface area (Å²) in [6.45, 7) is 4.42. The first-order valence-corrected chi connectivity index (χ1v) is 18.0. The fraction of sp³-hybridized carbons (Fsp3) is 1.00. The van der Waals surface area contributed by atoms with Crippen LogP contribution in [0.25, 0.3) is 0 Å². The fourth-order valence-electron chi connectivity index (χ4n) is 8.71. The molecule has 4 rings (SSSR count). The number of nitrogens with one attached hydrogen (secondary N) is 2. The first-order chi connectivity index (χ1) is 21.8. The Kier molecular flexibility index (Phi) is 15.7. The highest BCUT2D eigenvalue weighted by atomic mass is 16.5. The van der Waals surface area contributed by atoms with Gasteiger partial charge >= 0.3 is 0 Å². The Labute approximate surface area is 271 Å². The molecule has 14 atom stereocenters. The van der Waals surface area contributed by atoms with Crippen molar-refractivity contribution < 1.29 is 39.4 Å². The summed E-state index contributed by atoms with van der Waals surface area (Å²) in [5.41, 5.74) is 6.13. The van der Waals surface area contributed by atoms with Crippen molar-refractivity contribution in [2.75, 3.05) is 40.5 Å². The third-order valence-electron chi connectivity index (χ3n) is 11.4. The van der Waals surface area contributed by atoms with E-state index in [9.17, 15) is 20.4 Å². The molecule has 2 aliphatic heterocycles. The highest BCUT2D eigenvalue weighted by Crippen LogP contribution is 2.42. The molecule has 2 aliphatic carbocycles. The summed E-state index contributed by atoms with van der Waals surface area (Å²) >= 11 is 0. The lowest BCUT2D eigenvalue weighted by Gasteiger charge is -2.48. The van der Waals surface area contributed by atoms with Crippen molar-refractivity contribution >= 4 is 0 Å². The Morgan fingerprint density at radius 2 is 1.62 bits per heavy atom. The van der Waals surface area contributed by atoms with Crippen molar-refractivity contribution in [2.45, 2.75) is 151 Å². The molecule has 4 aliphatic rings. The lowest BCUT2D eigenvalue weighted by molar-refractivity contribution is -0.198. The van der Waals surface area contributed by atoms with Gasteiger partial charge in [0.1, 0.15) is 6.10 Å². The van der Waals surface area contributed by atoms with E-state index < -0.39 is 30.5 Å². The van der Waals surface area contributed by atoms with Gasteiger partial charge in [0, 0.05) is 32.8 Å². The molecule has 2 saturated heterocycles. The first kappa shape index (κ1) is 37.4. The summed E-state index contributed by atoms with van der Waals surface area (Å²) in [5, 5.41) is 49.6. The van der Waals surface area contributed by atoms with Crippen LogP contribution < -0.4 is 16.4 Å². The second-order valence-corrected chi connectivity index (χ2v) is 14.5. The van der Waals surface area contributed by atoms with Crippen LogP contribution in [0.2, 0.25) is 0 Å². The minimum absolute atomic E-state index is 0.00956. The lowest BCUT2D eigenvalue weighted by Crippen LogP contribution is -2.55. The molecule has 0 aromatic carbocycles. The zero-order valence-corrected chi connectivity index (χ0v) is 28.1. The number of nitrogens with two attached hydrogens (primary N) is 1. The third kappa shape index (κ3) is 10.8. The van der Waals surface area contributed by atoms with E-state index in [0.717, 1.165) is 70.9 Å². The van der Waals surface area contributed by atoms with Crippen LogP contribution in [-0.4, -0.2) is 122 Å². The SMILES string of the molecule is CCN[C@H](CCC1CCNC(N)C1)COC1CC([C@@H]2O[C@@H](CCC3CCC(O)C(OC)C3)C[C@H](O)[C@H]2CCO)CC(OC)C1O. The molecule has 4 fully saturated rings. The molecule has 0 bridgehead atoms. The van der Waals surface area contributed by atoms with Crippen molar-refractivity contribution in [3.63, 3.8) is 0 Å². The average Bonchev–Trinajstić information content (AvgIpc) is 3.03. The van der Waals surface area contributed by atoms with Gasteiger partial charge in [-0.05, 0) is 114 Å². The summed E-state index contributed by atoms with van der Waals surface area (Å²) in [5.74, 6) is 0.916. The highest BCUT2D eigenvalue weighted by Gasteiger charge is 2.47. The largest absolute Gasteiger partial charge is 0.396 e. The molecule has 264 valence electrons. The number of rotatable bonds is 16. The van der Waals surface area contributed by atoms with E-state index in [-0.39, 0.29) is 49.0 Å². The van der Waals surface area contributed by atoms with Crippen LogP contribution in [0.3, 0.4) is 0 Å². The van der Waals surface area contributed by atoms with Gasteiger partial charge in [-0.3, -0.25) is 0 Å². The van der Waals surface area contributed by atoms with Gasteiger partial charge in [-0.2, -0.15) is 0 Å². The number of hydrogen-bond donors (Lipinski definition) is 7. The molecule has 2 saturated carbocycles. The van der Waals surface area contributed by atoms with Crippen molar-refractivity contribution in [3.05, 3.63) is 0 Å². The Morgan fingerprint density at radius 1 is 0.867 bits per heavy atom. The first-order valence-electron chi connectivity index (χ1n) is 18.0. The number of likely N-dealkylation sites (N-methyl/N-ethyl adjacent to an activating group) is 1. The van der Waals surface area contributed by atoms with Crippen LogP contribution in [0.15, 0.2) is 0 Å². The summed E-state index contributed by atoms with van der Waals surface area (Å²) < 4.78 is 24.6. The van der Waals surface area contributed by atoms with Gasteiger partial charge in [-0.15, -0.1) is 0 Å². The Balaban J connectivity index is 1.37. The second-order valence-electron chi connectivity index (χ2n) is 14.5. The zero-order valence-electron chi connectivity index (χ0n) is 28.1. The van der Waals surface area contributed by atoms with Crippen LogP contribution in [0.4, 0.5) is 0 Å².